The highest BCUT2D eigenvalue weighted by atomic mass is 16.2. The summed E-state index contributed by atoms with van der Waals surface area (Å²) in [5, 5.41) is 9.16. The number of anilines is 1. The minimum absolute atomic E-state index is 0.00167. The number of fused-ring (bicyclic) bond motifs is 4. The third-order valence-electron chi connectivity index (χ3n) is 5.69. The van der Waals surface area contributed by atoms with Crippen LogP contribution in [0.5, 0.6) is 0 Å². The number of carbonyl (C=O) groups is 2. The molecule has 24 heavy (non-hydrogen) atoms. The fourth-order valence-electron chi connectivity index (χ4n) is 4.51. The smallest absolute Gasteiger partial charge is 0.235 e. The molecule has 1 aromatic rings. The second-order valence-corrected chi connectivity index (χ2v) is 7.02. The third kappa shape index (κ3) is 2.28. The Kier molecular flexibility index (Phi) is 3.54. The maximum atomic E-state index is 13.1. The van der Waals surface area contributed by atoms with Crippen LogP contribution >= 0.6 is 0 Å². The number of hydrogen-bond donors (Lipinski definition) is 1. The van der Waals surface area contributed by atoms with Gasteiger partial charge in [-0.2, -0.15) is 5.26 Å². The summed E-state index contributed by atoms with van der Waals surface area (Å²) in [6.45, 7) is 3.10. The standard InChI is InChI=1S/C18H20N4O2/c19-9-11-1-2-15-13(7-11)14(8-17(20)23)18(24)22(15)16-10-21-5-3-12(16)4-6-21/h1-2,7,12,14,16H,3-6,8,10H2,(H2,20,23). The van der Waals surface area contributed by atoms with Crippen LogP contribution in [0.2, 0.25) is 0 Å². The first-order chi connectivity index (χ1) is 11.6. The molecule has 2 atom stereocenters. The zero-order valence-corrected chi connectivity index (χ0v) is 13.4. The van der Waals surface area contributed by atoms with Crippen molar-refractivity contribution < 1.29 is 9.59 Å². The first-order valence-corrected chi connectivity index (χ1v) is 8.46. The van der Waals surface area contributed by atoms with Gasteiger partial charge in [-0.15, -0.1) is 0 Å². The van der Waals surface area contributed by atoms with Gasteiger partial charge in [-0.25, -0.2) is 0 Å². The number of primary amides is 1. The largest absolute Gasteiger partial charge is 0.370 e. The summed E-state index contributed by atoms with van der Waals surface area (Å²) in [6, 6.07) is 7.60. The molecule has 5 rings (SSSR count). The molecule has 0 radical (unpaired) electrons. The molecule has 4 aliphatic heterocycles. The van der Waals surface area contributed by atoms with Gasteiger partial charge in [0.2, 0.25) is 11.8 Å². The van der Waals surface area contributed by atoms with Gasteiger partial charge in [-0.05, 0) is 55.6 Å². The summed E-state index contributed by atoms with van der Waals surface area (Å²) in [6.07, 6.45) is 2.22. The van der Waals surface area contributed by atoms with E-state index in [1.165, 1.54) is 0 Å². The molecule has 1 aromatic carbocycles. The summed E-state index contributed by atoms with van der Waals surface area (Å²) < 4.78 is 0. The average molecular weight is 324 g/mol. The predicted molar refractivity (Wildman–Crippen MR) is 88.1 cm³/mol. The topological polar surface area (TPSA) is 90.4 Å². The first-order valence-electron chi connectivity index (χ1n) is 8.46. The number of nitriles is 1. The summed E-state index contributed by atoms with van der Waals surface area (Å²) in [5.41, 5.74) is 7.49. The van der Waals surface area contributed by atoms with Crippen LogP contribution in [0.3, 0.4) is 0 Å². The van der Waals surface area contributed by atoms with Crippen molar-refractivity contribution in [3.8, 4) is 6.07 Å². The average Bonchev–Trinajstić information content (AvgIpc) is 2.86. The van der Waals surface area contributed by atoms with E-state index >= 15 is 0 Å². The van der Waals surface area contributed by atoms with Gasteiger partial charge in [-0.3, -0.25) is 9.59 Å². The molecule has 6 heteroatoms. The molecular weight excluding hydrogens is 304 g/mol. The minimum Gasteiger partial charge on any atom is -0.370 e. The van der Waals surface area contributed by atoms with E-state index in [2.05, 4.69) is 11.0 Å². The molecule has 6 nitrogen and oxygen atoms in total. The summed E-state index contributed by atoms with van der Waals surface area (Å²) >= 11 is 0. The van der Waals surface area contributed by atoms with E-state index in [9.17, 15) is 9.59 Å². The van der Waals surface area contributed by atoms with Gasteiger partial charge >= 0.3 is 0 Å². The molecule has 0 spiro atoms. The molecule has 0 aliphatic carbocycles. The monoisotopic (exact) mass is 324 g/mol. The van der Waals surface area contributed by atoms with Crippen LogP contribution in [0, 0.1) is 17.2 Å². The van der Waals surface area contributed by atoms with Crippen LogP contribution in [-0.4, -0.2) is 42.4 Å². The lowest BCUT2D eigenvalue weighted by atomic mass is 9.83. The number of carbonyl (C=O) groups excluding carboxylic acids is 2. The molecule has 4 aliphatic rings. The van der Waals surface area contributed by atoms with Gasteiger partial charge in [0.1, 0.15) is 0 Å². The molecular formula is C18H20N4O2. The Balaban J connectivity index is 1.75. The summed E-state index contributed by atoms with van der Waals surface area (Å²) in [5.74, 6) is -0.578. The molecule has 4 heterocycles. The lowest BCUT2D eigenvalue weighted by molar-refractivity contribution is -0.125. The second kappa shape index (κ2) is 5.60. The number of benzene rings is 1. The third-order valence-corrected chi connectivity index (χ3v) is 5.69. The molecule has 2 bridgehead atoms. The quantitative estimate of drug-likeness (QED) is 0.896. The van der Waals surface area contributed by atoms with Crippen LogP contribution in [0.1, 0.15) is 36.3 Å². The van der Waals surface area contributed by atoms with Crippen molar-refractivity contribution in [3.63, 3.8) is 0 Å². The van der Waals surface area contributed by atoms with Gasteiger partial charge in [-0.1, -0.05) is 0 Å². The zero-order chi connectivity index (χ0) is 16.8. The molecule has 2 N–H and O–H groups in total. The van der Waals surface area contributed by atoms with Crippen LogP contribution in [0.4, 0.5) is 5.69 Å². The number of rotatable bonds is 3. The Labute approximate surface area is 140 Å². The van der Waals surface area contributed by atoms with E-state index in [4.69, 9.17) is 11.0 Å². The number of piperidine rings is 3. The lowest BCUT2D eigenvalue weighted by Crippen LogP contribution is -2.58. The fraction of sp³-hybridized carbons (Fsp3) is 0.500. The number of nitrogens with two attached hydrogens (primary N) is 1. The van der Waals surface area contributed by atoms with Crippen molar-refractivity contribution in [2.45, 2.75) is 31.2 Å². The molecule has 0 aromatic heterocycles. The van der Waals surface area contributed by atoms with Crippen molar-refractivity contribution >= 4 is 17.5 Å². The Morgan fingerprint density at radius 2 is 2.08 bits per heavy atom. The number of hydrogen-bond acceptors (Lipinski definition) is 4. The Morgan fingerprint density at radius 3 is 2.67 bits per heavy atom. The summed E-state index contributed by atoms with van der Waals surface area (Å²) in [7, 11) is 0. The van der Waals surface area contributed by atoms with Crippen molar-refractivity contribution in [1.82, 2.24) is 4.90 Å². The van der Waals surface area contributed by atoms with Crippen molar-refractivity contribution in [3.05, 3.63) is 29.3 Å². The lowest BCUT2D eigenvalue weighted by Gasteiger charge is -2.48. The molecule has 2 amide bonds. The molecule has 124 valence electrons. The van der Waals surface area contributed by atoms with E-state index in [0.717, 1.165) is 43.7 Å². The molecule has 3 fully saturated rings. The Hall–Kier alpha value is -2.39. The second-order valence-electron chi connectivity index (χ2n) is 7.02. The van der Waals surface area contributed by atoms with Gasteiger partial charge in [0.05, 0.1) is 23.6 Å². The zero-order valence-electron chi connectivity index (χ0n) is 13.4. The summed E-state index contributed by atoms with van der Waals surface area (Å²) in [4.78, 5) is 28.8. The van der Waals surface area contributed by atoms with E-state index in [-0.39, 0.29) is 18.4 Å². The van der Waals surface area contributed by atoms with Crippen molar-refractivity contribution in [2.24, 2.45) is 11.7 Å². The van der Waals surface area contributed by atoms with Crippen LogP contribution in [0.25, 0.3) is 0 Å². The van der Waals surface area contributed by atoms with Gasteiger partial charge < -0.3 is 15.5 Å². The molecule has 2 unspecified atom stereocenters. The first kappa shape index (κ1) is 15.2. The predicted octanol–water partition coefficient (Wildman–Crippen LogP) is 0.958. The minimum atomic E-state index is -0.554. The Bertz CT molecular complexity index is 746. The highest BCUT2D eigenvalue weighted by Gasteiger charge is 2.46. The highest BCUT2D eigenvalue weighted by molar-refractivity contribution is 6.07. The highest BCUT2D eigenvalue weighted by Crippen LogP contribution is 2.44. The van der Waals surface area contributed by atoms with E-state index in [1.54, 1.807) is 12.1 Å². The molecule has 3 saturated heterocycles. The fourth-order valence-corrected chi connectivity index (χ4v) is 4.51. The SMILES string of the molecule is N#Cc1ccc2c(c1)C(CC(N)=O)C(=O)N2C1CN2CCC1CC2. The maximum absolute atomic E-state index is 13.1. The molecule has 0 saturated carbocycles. The van der Waals surface area contributed by atoms with Gasteiger partial charge in [0.15, 0.2) is 0 Å². The van der Waals surface area contributed by atoms with E-state index < -0.39 is 11.8 Å². The van der Waals surface area contributed by atoms with Crippen molar-refractivity contribution in [2.75, 3.05) is 24.5 Å². The number of nitrogens with zero attached hydrogens (tertiary/aromatic N) is 3. The van der Waals surface area contributed by atoms with Gasteiger partial charge in [0.25, 0.3) is 0 Å². The normalized spacial score (nSPS) is 31.0. The van der Waals surface area contributed by atoms with E-state index in [1.807, 2.05) is 11.0 Å². The van der Waals surface area contributed by atoms with Crippen LogP contribution in [-0.2, 0) is 9.59 Å². The van der Waals surface area contributed by atoms with Crippen molar-refractivity contribution in [1.29, 1.82) is 5.26 Å². The van der Waals surface area contributed by atoms with Gasteiger partial charge in [0, 0.05) is 18.7 Å². The Morgan fingerprint density at radius 1 is 1.33 bits per heavy atom. The maximum Gasteiger partial charge on any atom is 0.235 e. The van der Waals surface area contributed by atoms with Crippen LogP contribution < -0.4 is 10.6 Å². The number of amides is 2. The van der Waals surface area contributed by atoms with E-state index in [0.29, 0.717) is 11.5 Å². The van der Waals surface area contributed by atoms with Crippen LogP contribution in [0.15, 0.2) is 18.2 Å².